The normalized spacial score (nSPS) is 14.2. The van der Waals surface area contributed by atoms with Crippen LogP contribution in [0.25, 0.3) is 6.08 Å². The zero-order chi connectivity index (χ0) is 23.6. The minimum absolute atomic E-state index is 0.195. The topological polar surface area (TPSA) is 77.5 Å². The third-order valence-electron chi connectivity index (χ3n) is 5.45. The molecule has 0 aliphatic carbocycles. The molecular formula is C25H30N2O6. The van der Waals surface area contributed by atoms with Crippen LogP contribution < -0.4 is 14.2 Å². The van der Waals surface area contributed by atoms with Crippen molar-refractivity contribution in [3.05, 3.63) is 59.7 Å². The van der Waals surface area contributed by atoms with Crippen molar-refractivity contribution >= 4 is 18.0 Å². The predicted octanol–water partition coefficient (Wildman–Crippen LogP) is 2.61. The molecule has 0 atom stereocenters. The van der Waals surface area contributed by atoms with E-state index >= 15 is 0 Å². The second-order valence-corrected chi connectivity index (χ2v) is 7.53. The highest BCUT2D eigenvalue weighted by molar-refractivity contribution is 5.90. The second kappa shape index (κ2) is 11.9. The summed E-state index contributed by atoms with van der Waals surface area (Å²) in [6, 6.07) is 13.6. The van der Waals surface area contributed by atoms with E-state index in [1.165, 1.54) is 33.0 Å². The van der Waals surface area contributed by atoms with Gasteiger partial charge in [-0.3, -0.25) is 9.69 Å². The van der Waals surface area contributed by atoms with Crippen molar-refractivity contribution in [3.8, 4) is 17.2 Å². The van der Waals surface area contributed by atoms with E-state index in [0.29, 0.717) is 35.9 Å². The van der Waals surface area contributed by atoms with Gasteiger partial charge in [0.15, 0.2) is 18.1 Å². The van der Waals surface area contributed by atoms with Crippen LogP contribution in [-0.2, 0) is 20.9 Å². The highest BCUT2D eigenvalue weighted by Crippen LogP contribution is 2.35. The summed E-state index contributed by atoms with van der Waals surface area (Å²) in [5.74, 6) is 0.736. The standard InChI is InChI=1S/C25H30N2O6/c1-30-21-16-23(32-3)22(31-2)15-20(21)9-10-25(29)33-18-24(28)27-13-11-26(12-14-27)17-19-7-5-4-6-8-19/h4-10,15-16H,11-14,17-18H2,1-3H3/b10-9+. The lowest BCUT2D eigenvalue weighted by molar-refractivity contribution is -0.149. The zero-order valence-electron chi connectivity index (χ0n) is 19.3. The average Bonchev–Trinajstić information content (AvgIpc) is 2.86. The molecule has 2 aromatic carbocycles. The molecule has 8 nitrogen and oxygen atoms in total. The molecule has 3 rings (SSSR count). The monoisotopic (exact) mass is 454 g/mol. The number of esters is 1. The molecule has 2 aromatic rings. The predicted molar refractivity (Wildman–Crippen MR) is 124 cm³/mol. The summed E-state index contributed by atoms with van der Waals surface area (Å²) in [5.41, 5.74) is 1.87. The molecule has 0 N–H and O–H groups in total. The van der Waals surface area contributed by atoms with Gasteiger partial charge in [0, 0.05) is 50.4 Å². The van der Waals surface area contributed by atoms with Crippen LogP contribution in [0, 0.1) is 0 Å². The van der Waals surface area contributed by atoms with Crippen LogP contribution in [0.4, 0.5) is 0 Å². The number of ether oxygens (including phenoxy) is 4. The first-order valence-electron chi connectivity index (χ1n) is 10.7. The summed E-state index contributed by atoms with van der Waals surface area (Å²) in [5, 5.41) is 0. The third kappa shape index (κ3) is 6.73. The maximum atomic E-state index is 12.5. The molecular weight excluding hydrogens is 424 g/mol. The number of hydrogen-bond donors (Lipinski definition) is 0. The van der Waals surface area contributed by atoms with Gasteiger partial charge in [-0.2, -0.15) is 0 Å². The summed E-state index contributed by atoms with van der Waals surface area (Å²) in [6.07, 6.45) is 2.81. The van der Waals surface area contributed by atoms with Gasteiger partial charge in [0.1, 0.15) is 5.75 Å². The van der Waals surface area contributed by atoms with Gasteiger partial charge in [-0.1, -0.05) is 30.3 Å². The highest BCUT2D eigenvalue weighted by Gasteiger charge is 2.21. The van der Waals surface area contributed by atoms with E-state index in [4.69, 9.17) is 18.9 Å². The van der Waals surface area contributed by atoms with Gasteiger partial charge >= 0.3 is 5.97 Å². The van der Waals surface area contributed by atoms with Crippen LogP contribution in [-0.4, -0.2) is 75.8 Å². The van der Waals surface area contributed by atoms with E-state index in [1.54, 1.807) is 23.1 Å². The molecule has 1 aliphatic heterocycles. The summed E-state index contributed by atoms with van der Waals surface area (Å²) >= 11 is 0. The maximum absolute atomic E-state index is 12.5. The van der Waals surface area contributed by atoms with E-state index in [1.807, 2.05) is 18.2 Å². The second-order valence-electron chi connectivity index (χ2n) is 7.53. The van der Waals surface area contributed by atoms with Crippen LogP contribution in [0.1, 0.15) is 11.1 Å². The van der Waals surface area contributed by atoms with E-state index in [9.17, 15) is 9.59 Å². The average molecular weight is 455 g/mol. The zero-order valence-corrected chi connectivity index (χ0v) is 19.3. The van der Waals surface area contributed by atoms with Gasteiger partial charge in [-0.15, -0.1) is 0 Å². The molecule has 1 saturated heterocycles. The Morgan fingerprint density at radius 1 is 0.879 bits per heavy atom. The Balaban J connectivity index is 1.47. The minimum atomic E-state index is -0.608. The molecule has 1 aliphatic rings. The Morgan fingerprint density at radius 3 is 2.15 bits per heavy atom. The van der Waals surface area contributed by atoms with E-state index in [2.05, 4.69) is 17.0 Å². The van der Waals surface area contributed by atoms with Gasteiger partial charge in [0.05, 0.1) is 21.3 Å². The number of carbonyl (C=O) groups excluding carboxylic acids is 2. The molecule has 176 valence electrons. The Morgan fingerprint density at radius 2 is 1.52 bits per heavy atom. The molecule has 1 amide bonds. The fourth-order valence-electron chi connectivity index (χ4n) is 3.61. The first-order chi connectivity index (χ1) is 16.0. The first kappa shape index (κ1) is 24.1. The summed E-state index contributed by atoms with van der Waals surface area (Å²) in [6.45, 7) is 3.37. The van der Waals surface area contributed by atoms with Crippen LogP contribution in [0.3, 0.4) is 0 Å². The number of benzene rings is 2. The van der Waals surface area contributed by atoms with Crippen molar-refractivity contribution in [2.24, 2.45) is 0 Å². The van der Waals surface area contributed by atoms with Crippen molar-refractivity contribution in [1.29, 1.82) is 0 Å². The number of nitrogens with zero attached hydrogens (tertiary/aromatic N) is 2. The lowest BCUT2D eigenvalue weighted by Crippen LogP contribution is -2.49. The van der Waals surface area contributed by atoms with Crippen LogP contribution in [0.5, 0.6) is 17.2 Å². The maximum Gasteiger partial charge on any atom is 0.331 e. The Labute approximate surface area is 194 Å². The molecule has 33 heavy (non-hydrogen) atoms. The van der Waals surface area contributed by atoms with Gasteiger partial charge in [-0.25, -0.2) is 4.79 Å². The third-order valence-corrected chi connectivity index (χ3v) is 5.45. The quantitative estimate of drug-likeness (QED) is 0.426. The molecule has 0 aromatic heterocycles. The van der Waals surface area contributed by atoms with Crippen LogP contribution in [0.2, 0.25) is 0 Å². The number of rotatable bonds is 9. The number of methoxy groups -OCH3 is 3. The number of amides is 1. The van der Waals surface area contributed by atoms with E-state index in [0.717, 1.165) is 19.6 Å². The lowest BCUT2D eigenvalue weighted by atomic mass is 10.1. The molecule has 0 bridgehead atoms. The molecule has 1 heterocycles. The summed E-state index contributed by atoms with van der Waals surface area (Å²) in [7, 11) is 4.58. The summed E-state index contributed by atoms with van der Waals surface area (Å²) < 4.78 is 21.0. The van der Waals surface area contributed by atoms with Gasteiger partial charge < -0.3 is 23.8 Å². The van der Waals surface area contributed by atoms with Crippen molar-refractivity contribution in [1.82, 2.24) is 9.80 Å². The molecule has 1 fully saturated rings. The first-order valence-corrected chi connectivity index (χ1v) is 10.7. The fourth-order valence-corrected chi connectivity index (χ4v) is 3.61. The van der Waals surface area contributed by atoms with E-state index in [-0.39, 0.29) is 12.5 Å². The Bertz CT molecular complexity index is 968. The van der Waals surface area contributed by atoms with Gasteiger partial charge in [0.2, 0.25) is 0 Å². The van der Waals surface area contributed by atoms with Gasteiger partial charge in [-0.05, 0) is 17.7 Å². The molecule has 0 radical (unpaired) electrons. The largest absolute Gasteiger partial charge is 0.496 e. The van der Waals surface area contributed by atoms with Crippen molar-refractivity contribution in [2.75, 3.05) is 54.1 Å². The lowest BCUT2D eigenvalue weighted by Gasteiger charge is -2.34. The van der Waals surface area contributed by atoms with Crippen molar-refractivity contribution in [3.63, 3.8) is 0 Å². The highest BCUT2D eigenvalue weighted by atomic mass is 16.5. The number of carbonyl (C=O) groups is 2. The summed E-state index contributed by atoms with van der Waals surface area (Å²) in [4.78, 5) is 28.6. The van der Waals surface area contributed by atoms with Crippen molar-refractivity contribution in [2.45, 2.75) is 6.54 Å². The molecule has 0 unspecified atom stereocenters. The molecule has 0 spiro atoms. The molecule has 0 saturated carbocycles. The fraction of sp³-hybridized carbons (Fsp3) is 0.360. The van der Waals surface area contributed by atoms with Crippen molar-refractivity contribution < 1.29 is 28.5 Å². The minimum Gasteiger partial charge on any atom is -0.496 e. The number of hydrogen-bond acceptors (Lipinski definition) is 7. The molecule has 8 heteroatoms. The Hall–Kier alpha value is -3.52. The number of piperazine rings is 1. The van der Waals surface area contributed by atoms with Gasteiger partial charge in [0.25, 0.3) is 5.91 Å². The Kier molecular flexibility index (Phi) is 8.71. The van der Waals surface area contributed by atoms with Crippen LogP contribution >= 0.6 is 0 Å². The van der Waals surface area contributed by atoms with Crippen LogP contribution in [0.15, 0.2) is 48.5 Å². The van der Waals surface area contributed by atoms with E-state index < -0.39 is 5.97 Å². The SMILES string of the molecule is COc1cc(OC)c(OC)cc1/C=C/C(=O)OCC(=O)N1CCN(Cc2ccccc2)CC1. The smallest absolute Gasteiger partial charge is 0.331 e.